The minimum absolute atomic E-state index is 0.0723. The average Bonchev–Trinajstić information content (AvgIpc) is 2.39. The largest absolute Gasteiger partial charge is 0.506 e. The fourth-order valence-electron chi connectivity index (χ4n) is 1.87. The second kappa shape index (κ2) is 5.04. The molecular weight excluding hydrogens is 220 g/mol. The van der Waals surface area contributed by atoms with Gasteiger partial charge in [0.1, 0.15) is 17.6 Å². The van der Waals surface area contributed by atoms with Crippen molar-refractivity contribution in [2.75, 3.05) is 26.8 Å². The molecule has 1 saturated heterocycles. The number of rotatable bonds is 2. The lowest BCUT2D eigenvalue weighted by atomic mass is 10.0. The number of nitriles is 1. The van der Waals surface area contributed by atoms with E-state index in [0.29, 0.717) is 18.9 Å². The van der Waals surface area contributed by atoms with Gasteiger partial charge in [0, 0.05) is 24.7 Å². The number of methoxy groups -OCH3 is 1. The highest BCUT2D eigenvalue weighted by Gasteiger charge is 2.21. The summed E-state index contributed by atoms with van der Waals surface area (Å²) in [6.07, 6.45) is -0.147. The van der Waals surface area contributed by atoms with E-state index in [4.69, 9.17) is 14.7 Å². The highest BCUT2D eigenvalue weighted by Crippen LogP contribution is 2.33. The van der Waals surface area contributed by atoms with E-state index >= 15 is 0 Å². The molecule has 1 aromatic carbocycles. The Morgan fingerprint density at radius 1 is 1.59 bits per heavy atom. The van der Waals surface area contributed by atoms with Crippen molar-refractivity contribution < 1.29 is 14.6 Å². The minimum Gasteiger partial charge on any atom is -0.506 e. The second-order valence-corrected chi connectivity index (χ2v) is 3.79. The molecule has 2 rings (SSSR count). The third kappa shape index (κ3) is 2.33. The number of ether oxygens (including phenoxy) is 2. The lowest BCUT2D eigenvalue weighted by molar-refractivity contribution is 0.0262. The summed E-state index contributed by atoms with van der Waals surface area (Å²) >= 11 is 0. The van der Waals surface area contributed by atoms with Gasteiger partial charge >= 0.3 is 0 Å². The van der Waals surface area contributed by atoms with Crippen LogP contribution >= 0.6 is 0 Å². The predicted molar refractivity (Wildman–Crippen MR) is 60.9 cm³/mol. The summed E-state index contributed by atoms with van der Waals surface area (Å²) in [6, 6.07) is 5.01. The molecule has 0 bridgehead atoms. The second-order valence-electron chi connectivity index (χ2n) is 3.79. The minimum atomic E-state index is -0.147. The SMILES string of the molecule is COc1cc(O)c(C#N)cc1C1CNCCO1. The van der Waals surface area contributed by atoms with E-state index < -0.39 is 0 Å². The molecule has 1 aliphatic rings. The summed E-state index contributed by atoms with van der Waals surface area (Å²) in [5.41, 5.74) is 1.02. The third-order valence-corrected chi connectivity index (χ3v) is 2.74. The van der Waals surface area contributed by atoms with Crippen molar-refractivity contribution in [3.63, 3.8) is 0 Å². The van der Waals surface area contributed by atoms with Crippen LogP contribution in [0, 0.1) is 11.3 Å². The maximum Gasteiger partial charge on any atom is 0.137 e. The van der Waals surface area contributed by atoms with Crippen LogP contribution in [0.5, 0.6) is 11.5 Å². The lowest BCUT2D eigenvalue weighted by Crippen LogP contribution is -2.33. The molecule has 1 fully saturated rings. The van der Waals surface area contributed by atoms with Gasteiger partial charge in [-0.05, 0) is 6.07 Å². The molecule has 90 valence electrons. The lowest BCUT2D eigenvalue weighted by Gasteiger charge is -2.25. The molecule has 2 N–H and O–H groups in total. The summed E-state index contributed by atoms with van der Waals surface area (Å²) in [5.74, 6) is 0.465. The summed E-state index contributed by atoms with van der Waals surface area (Å²) in [7, 11) is 1.53. The van der Waals surface area contributed by atoms with Gasteiger partial charge in [0.05, 0.1) is 25.4 Å². The number of benzene rings is 1. The molecule has 0 radical (unpaired) electrons. The topological polar surface area (TPSA) is 74.5 Å². The molecule has 0 saturated carbocycles. The van der Waals surface area contributed by atoms with Crippen LogP contribution in [-0.4, -0.2) is 31.9 Å². The van der Waals surface area contributed by atoms with Crippen LogP contribution in [0.2, 0.25) is 0 Å². The standard InChI is InChI=1S/C12H14N2O3/c1-16-11-5-10(15)8(6-13)4-9(11)12-7-14-2-3-17-12/h4-5,12,14-15H,2-3,7H2,1H3. The van der Waals surface area contributed by atoms with Crippen molar-refractivity contribution in [1.29, 1.82) is 5.26 Å². The fourth-order valence-corrected chi connectivity index (χ4v) is 1.87. The summed E-state index contributed by atoms with van der Waals surface area (Å²) in [6.45, 7) is 2.12. The first-order valence-electron chi connectivity index (χ1n) is 5.39. The van der Waals surface area contributed by atoms with Gasteiger partial charge in [-0.25, -0.2) is 0 Å². The Hall–Kier alpha value is -1.77. The van der Waals surface area contributed by atoms with Crippen LogP contribution in [0.15, 0.2) is 12.1 Å². The van der Waals surface area contributed by atoms with Crippen LogP contribution in [0.3, 0.4) is 0 Å². The number of phenolic OH excluding ortho intramolecular Hbond substituents is 1. The molecule has 0 aliphatic carbocycles. The van der Waals surface area contributed by atoms with Crippen LogP contribution in [0.25, 0.3) is 0 Å². The van der Waals surface area contributed by atoms with Crippen LogP contribution in [0.4, 0.5) is 0 Å². The molecule has 1 aromatic rings. The first-order chi connectivity index (χ1) is 8.26. The van der Waals surface area contributed by atoms with E-state index in [-0.39, 0.29) is 17.4 Å². The maximum absolute atomic E-state index is 9.59. The summed E-state index contributed by atoms with van der Waals surface area (Å²) < 4.78 is 10.8. The number of aromatic hydroxyl groups is 1. The van der Waals surface area contributed by atoms with Crippen LogP contribution in [0.1, 0.15) is 17.2 Å². The van der Waals surface area contributed by atoms with Gasteiger partial charge in [-0.15, -0.1) is 0 Å². The zero-order chi connectivity index (χ0) is 12.3. The molecule has 5 heteroatoms. The van der Waals surface area contributed by atoms with Crippen LogP contribution < -0.4 is 10.1 Å². The van der Waals surface area contributed by atoms with Gasteiger partial charge in [0.2, 0.25) is 0 Å². The highest BCUT2D eigenvalue weighted by atomic mass is 16.5. The molecular formula is C12H14N2O3. The Kier molecular flexibility index (Phi) is 3.47. The zero-order valence-corrected chi connectivity index (χ0v) is 9.56. The maximum atomic E-state index is 9.59. The van der Waals surface area contributed by atoms with Crippen LogP contribution in [-0.2, 0) is 4.74 Å². The Bertz CT molecular complexity index is 448. The van der Waals surface area contributed by atoms with Crippen molar-refractivity contribution in [2.24, 2.45) is 0 Å². The van der Waals surface area contributed by atoms with E-state index in [1.165, 1.54) is 13.2 Å². The number of hydrogen-bond donors (Lipinski definition) is 2. The van der Waals surface area contributed by atoms with Gasteiger partial charge in [-0.1, -0.05) is 0 Å². The molecule has 0 spiro atoms. The molecule has 0 amide bonds. The molecule has 1 aliphatic heterocycles. The van der Waals surface area contributed by atoms with Gasteiger partial charge in [-0.3, -0.25) is 0 Å². The van der Waals surface area contributed by atoms with Gasteiger partial charge in [0.15, 0.2) is 0 Å². The van der Waals surface area contributed by atoms with E-state index in [1.807, 2.05) is 6.07 Å². The van der Waals surface area contributed by atoms with Gasteiger partial charge in [0.25, 0.3) is 0 Å². The Morgan fingerprint density at radius 3 is 3.00 bits per heavy atom. The van der Waals surface area contributed by atoms with Crippen molar-refractivity contribution in [1.82, 2.24) is 5.32 Å². The van der Waals surface area contributed by atoms with E-state index in [9.17, 15) is 5.11 Å². The molecule has 1 atom stereocenters. The first kappa shape index (κ1) is 11.7. The zero-order valence-electron chi connectivity index (χ0n) is 9.56. The van der Waals surface area contributed by atoms with E-state index in [2.05, 4.69) is 5.32 Å². The van der Waals surface area contributed by atoms with Gasteiger partial charge < -0.3 is 19.9 Å². The van der Waals surface area contributed by atoms with Crippen molar-refractivity contribution in [2.45, 2.75) is 6.10 Å². The predicted octanol–water partition coefficient (Wildman–Crippen LogP) is 0.933. The smallest absolute Gasteiger partial charge is 0.137 e. The Balaban J connectivity index is 2.40. The average molecular weight is 234 g/mol. The summed E-state index contributed by atoms with van der Waals surface area (Å²) in [5, 5.41) is 21.7. The normalized spacial score (nSPS) is 19.6. The number of nitrogens with one attached hydrogen (secondary N) is 1. The number of phenols is 1. The molecule has 0 aromatic heterocycles. The highest BCUT2D eigenvalue weighted by molar-refractivity contribution is 5.52. The monoisotopic (exact) mass is 234 g/mol. The van der Waals surface area contributed by atoms with Gasteiger partial charge in [-0.2, -0.15) is 5.26 Å². The quantitative estimate of drug-likeness (QED) is 0.796. The van der Waals surface area contributed by atoms with E-state index in [0.717, 1.165) is 12.1 Å². The summed E-state index contributed by atoms with van der Waals surface area (Å²) in [4.78, 5) is 0. The Morgan fingerprint density at radius 2 is 2.41 bits per heavy atom. The molecule has 5 nitrogen and oxygen atoms in total. The molecule has 1 unspecified atom stereocenters. The Labute approximate surface area is 99.6 Å². The number of nitrogens with zero attached hydrogens (tertiary/aromatic N) is 1. The number of morpholine rings is 1. The molecule has 1 heterocycles. The van der Waals surface area contributed by atoms with Crippen molar-refractivity contribution >= 4 is 0 Å². The molecule has 17 heavy (non-hydrogen) atoms. The number of hydrogen-bond acceptors (Lipinski definition) is 5. The first-order valence-corrected chi connectivity index (χ1v) is 5.39. The fraction of sp³-hybridized carbons (Fsp3) is 0.417. The van der Waals surface area contributed by atoms with E-state index in [1.54, 1.807) is 6.07 Å². The van der Waals surface area contributed by atoms with Crippen molar-refractivity contribution in [3.05, 3.63) is 23.3 Å². The van der Waals surface area contributed by atoms with Crippen molar-refractivity contribution in [3.8, 4) is 17.6 Å². The third-order valence-electron chi connectivity index (χ3n) is 2.74.